The van der Waals surface area contributed by atoms with E-state index in [-0.39, 0.29) is 23.6 Å². The molecule has 20 heavy (non-hydrogen) atoms. The first-order valence-electron chi connectivity index (χ1n) is 6.63. The van der Waals surface area contributed by atoms with E-state index in [1.165, 1.54) is 10.9 Å². The quantitative estimate of drug-likeness (QED) is 0.597. The minimum atomic E-state index is -0.530. The van der Waals surface area contributed by atoms with Gasteiger partial charge in [-0.2, -0.15) is 5.10 Å². The number of hydrogen-bond donors (Lipinski definition) is 2. The first kappa shape index (κ1) is 14.4. The van der Waals surface area contributed by atoms with Gasteiger partial charge in [0.2, 0.25) is 5.91 Å². The number of carbonyl (C=O) groups is 1. The second-order valence-corrected chi connectivity index (χ2v) is 5.49. The number of hydrogen-bond acceptors (Lipinski definition) is 5. The SMILES string of the molecule is CC1(CNC(=O)Cn2cc([N+](=O)[O-])cn2)CCNCC1. The van der Waals surface area contributed by atoms with E-state index in [0.29, 0.717) is 6.54 Å². The lowest BCUT2D eigenvalue weighted by Crippen LogP contribution is -2.43. The van der Waals surface area contributed by atoms with Crippen molar-refractivity contribution in [2.24, 2.45) is 5.41 Å². The van der Waals surface area contributed by atoms with Crippen LogP contribution in [-0.4, -0.2) is 40.2 Å². The van der Waals surface area contributed by atoms with Gasteiger partial charge in [-0.1, -0.05) is 6.92 Å². The first-order chi connectivity index (χ1) is 9.48. The van der Waals surface area contributed by atoms with E-state index in [4.69, 9.17) is 0 Å². The third kappa shape index (κ3) is 3.77. The smallest absolute Gasteiger partial charge is 0.307 e. The molecule has 110 valence electrons. The molecule has 8 nitrogen and oxygen atoms in total. The van der Waals surface area contributed by atoms with Crippen molar-refractivity contribution < 1.29 is 9.72 Å². The highest BCUT2D eigenvalue weighted by atomic mass is 16.6. The third-order valence-corrected chi connectivity index (χ3v) is 3.66. The Balaban J connectivity index is 1.81. The van der Waals surface area contributed by atoms with Crippen LogP contribution in [0, 0.1) is 15.5 Å². The van der Waals surface area contributed by atoms with Crippen LogP contribution in [0.5, 0.6) is 0 Å². The van der Waals surface area contributed by atoms with Crippen molar-refractivity contribution in [2.45, 2.75) is 26.3 Å². The predicted molar refractivity (Wildman–Crippen MR) is 72.1 cm³/mol. The Morgan fingerprint density at radius 3 is 2.90 bits per heavy atom. The molecule has 8 heteroatoms. The molecule has 2 rings (SSSR count). The van der Waals surface area contributed by atoms with E-state index in [1.807, 2.05) is 0 Å². The van der Waals surface area contributed by atoms with Gasteiger partial charge in [-0.05, 0) is 31.3 Å². The Bertz CT molecular complexity index is 493. The summed E-state index contributed by atoms with van der Waals surface area (Å²) in [5.74, 6) is -0.178. The first-order valence-corrected chi connectivity index (χ1v) is 6.63. The van der Waals surface area contributed by atoms with Crippen LogP contribution in [-0.2, 0) is 11.3 Å². The van der Waals surface area contributed by atoms with Crippen LogP contribution in [0.3, 0.4) is 0 Å². The number of carbonyl (C=O) groups excluding carboxylic acids is 1. The van der Waals surface area contributed by atoms with Crippen molar-refractivity contribution in [1.82, 2.24) is 20.4 Å². The summed E-state index contributed by atoms with van der Waals surface area (Å²) in [6.07, 6.45) is 4.45. The summed E-state index contributed by atoms with van der Waals surface area (Å²) < 4.78 is 1.28. The van der Waals surface area contributed by atoms with Crippen molar-refractivity contribution in [2.75, 3.05) is 19.6 Å². The van der Waals surface area contributed by atoms with Crippen LogP contribution in [0.4, 0.5) is 5.69 Å². The normalized spacial score (nSPS) is 17.6. The molecule has 0 spiro atoms. The summed E-state index contributed by atoms with van der Waals surface area (Å²) in [6.45, 7) is 4.72. The maximum absolute atomic E-state index is 11.8. The largest absolute Gasteiger partial charge is 0.354 e. The van der Waals surface area contributed by atoms with Crippen LogP contribution >= 0.6 is 0 Å². The molecule has 1 amide bonds. The van der Waals surface area contributed by atoms with Gasteiger partial charge in [-0.15, -0.1) is 0 Å². The van der Waals surface area contributed by atoms with Gasteiger partial charge < -0.3 is 10.6 Å². The van der Waals surface area contributed by atoms with Crippen LogP contribution < -0.4 is 10.6 Å². The molecule has 1 fully saturated rings. The van der Waals surface area contributed by atoms with Gasteiger partial charge in [0.15, 0.2) is 0 Å². The average Bonchev–Trinajstić information content (AvgIpc) is 2.86. The standard InChI is InChI=1S/C12H19N5O3/c1-12(2-4-13-5-3-12)9-14-11(18)8-16-7-10(6-15-16)17(19)20/h6-7,13H,2-5,8-9H2,1H3,(H,14,18). The topological polar surface area (TPSA) is 102 Å². The summed E-state index contributed by atoms with van der Waals surface area (Å²) in [6, 6.07) is 0. The van der Waals surface area contributed by atoms with E-state index in [0.717, 1.165) is 32.1 Å². The second kappa shape index (κ2) is 6.00. The molecule has 0 aromatic carbocycles. The summed E-state index contributed by atoms with van der Waals surface area (Å²) >= 11 is 0. The van der Waals surface area contributed by atoms with E-state index in [1.54, 1.807) is 0 Å². The molecule has 1 aliphatic rings. The average molecular weight is 281 g/mol. The zero-order chi connectivity index (χ0) is 14.6. The van der Waals surface area contributed by atoms with Gasteiger partial charge >= 0.3 is 5.69 Å². The summed E-state index contributed by atoms with van der Waals surface area (Å²) in [5.41, 5.74) is 0.0138. The van der Waals surface area contributed by atoms with Gasteiger partial charge in [-0.3, -0.25) is 19.6 Å². The molecule has 1 aromatic heterocycles. The lowest BCUT2D eigenvalue weighted by molar-refractivity contribution is -0.385. The van der Waals surface area contributed by atoms with Gasteiger partial charge in [0.1, 0.15) is 18.9 Å². The number of nitro groups is 1. The molecule has 2 heterocycles. The maximum atomic E-state index is 11.8. The molecule has 0 atom stereocenters. The fraction of sp³-hybridized carbons (Fsp3) is 0.667. The molecular weight excluding hydrogens is 262 g/mol. The van der Waals surface area contributed by atoms with Crippen molar-refractivity contribution in [3.8, 4) is 0 Å². The molecular formula is C12H19N5O3. The zero-order valence-corrected chi connectivity index (χ0v) is 11.5. The van der Waals surface area contributed by atoms with E-state index in [2.05, 4.69) is 22.7 Å². The molecule has 0 saturated carbocycles. The molecule has 0 bridgehead atoms. The lowest BCUT2D eigenvalue weighted by atomic mass is 9.81. The fourth-order valence-electron chi connectivity index (χ4n) is 2.26. The Morgan fingerprint density at radius 1 is 1.60 bits per heavy atom. The highest BCUT2D eigenvalue weighted by Crippen LogP contribution is 2.26. The Labute approximate surface area is 116 Å². The highest BCUT2D eigenvalue weighted by Gasteiger charge is 2.27. The van der Waals surface area contributed by atoms with Gasteiger partial charge in [0, 0.05) is 6.54 Å². The Morgan fingerprint density at radius 2 is 2.30 bits per heavy atom. The van der Waals surface area contributed by atoms with Gasteiger partial charge in [0.25, 0.3) is 0 Å². The molecule has 1 aliphatic heterocycles. The summed E-state index contributed by atoms with van der Waals surface area (Å²) in [4.78, 5) is 21.8. The second-order valence-electron chi connectivity index (χ2n) is 5.49. The zero-order valence-electron chi connectivity index (χ0n) is 11.5. The molecule has 1 saturated heterocycles. The van der Waals surface area contributed by atoms with E-state index < -0.39 is 4.92 Å². The van der Waals surface area contributed by atoms with Crippen LogP contribution in [0.2, 0.25) is 0 Å². The minimum absolute atomic E-state index is 0.00215. The molecule has 1 aromatic rings. The van der Waals surface area contributed by atoms with Crippen molar-refractivity contribution >= 4 is 11.6 Å². The number of piperidine rings is 1. The van der Waals surface area contributed by atoms with Gasteiger partial charge in [-0.25, -0.2) is 0 Å². The van der Waals surface area contributed by atoms with Crippen molar-refractivity contribution in [3.05, 3.63) is 22.5 Å². The minimum Gasteiger partial charge on any atom is -0.354 e. The lowest BCUT2D eigenvalue weighted by Gasteiger charge is -2.34. The highest BCUT2D eigenvalue weighted by molar-refractivity contribution is 5.75. The monoisotopic (exact) mass is 281 g/mol. The van der Waals surface area contributed by atoms with E-state index >= 15 is 0 Å². The summed E-state index contributed by atoms with van der Waals surface area (Å²) in [7, 11) is 0. The maximum Gasteiger partial charge on any atom is 0.307 e. The molecule has 0 aliphatic carbocycles. The fourth-order valence-corrected chi connectivity index (χ4v) is 2.26. The number of amides is 1. The van der Waals surface area contributed by atoms with Crippen LogP contribution in [0.1, 0.15) is 19.8 Å². The number of rotatable bonds is 5. The predicted octanol–water partition coefficient (Wildman–Crippen LogP) is 0.297. The van der Waals surface area contributed by atoms with E-state index in [9.17, 15) is 14.9 Å². The van der Waals surface area contributed by atoms with Crippen LogP contribution in [0.15, 0.2) is 12.4 Å². The van der Waals surface area contributed by atoms with Gasteiger partial charge in [0.05, 0.1) is 4.92 Å². The number of aromatic nitrogens is 2. The molecule has 0 radical (unpaired) electrons. The Kier molecular flexibility index (Phi) is 4.33. The molecule has 2 N–H and O–H groups in total. The number of nitrogens with zero attached hydrogens (tertiary/aromatic N) is 3. The Hall–Kier alpha value is -1.96. The number of nitrogens with one attached hydrogen (secondary N) is 2. The third-order valence-electron chi connectivity index (χ3n) is 3.66. The van der Waals surface area contributed by atoms with Crippen LogP contribution in [0.25, 0.3) is 0 Å². The summed E-state index contributed by atoms with van der Waals surface area (Å²) in [5, 5.41) is 20.5. The van der Waals surface area contributed by atoms with Crippen molar-refractivity contribution in [1.29, 1.82) is 0 Å². The van der Waals surface area contributed by atoms with Crippen molar-refractivity contribution in [3.63, 3.8) is 0 Å². The molecule has 0 unspecified atom stereocenters.